The normalized spacial score (nSPS) is 25.1. The van der Waals surface area contributed by atoms with Crippen molar-refractivity contribution in [2.45, 2.75) is 59.9 Å². The Balaban J connectivity index is 1.73. The zero-order chi connectivity index (χ0) is 21.0. The van der Waals surface area contributed by atoms with Crippen LogP contribution in [0.25, 0.3) is 0 Å². The molecule has 2 atom stereocenters. The molecule has 1 aliphatic carbocycles. The molecule has 29 heavy (non-hydrogen) atoms. The molecule has 2 bridgehead atoms. The van der Waals surface area contributed by atoms with Crippen molar-refractivity contribution in [3.63, 3.8) is 0 Å². The summed E-state index contributed by atoms with van der Waals surface area (Å²) in [5, 5.41) is 15.2. The van der Waals surface area contributed by atoms with Crippen molar-refractivity contribution in [2.75, 3.05) is 16.8 Å². The Morgan fingerprint density at radius 1 is 1.17 bits per heavy atom. The first-order valence-electron chi connectivity index (χ1n) is 10.2. The van der Waals surface area contributed by atoms with E-state index in [-0.39, 0.29) is 33.3 Å². The van der Waals surface area contributed by atoms with Gasteiger partial charge in [0.1, 0.15) is 6.33 Å². The molecule has 2 fully saturated rings. The van der Waals surface area contributed by atoms with Crippen LogP contribution in [-0.4, -0.2) is 27.5 Å². The van der Waals surface area contributed by atoms with Gasteiger partial charge in [-0.05, 0) is 67.2 Å². The highest BCUT2D eigenvalue weighted by molar-refractivity contribution is 5.75. The molecular weight excluding hydrogens is 366 g/mol. The SMILES string of the molecule is Cc1ccc(Nc2ncnc(N3CC4(C)CC3CC(C)(C)C4)c2[N+](=O)[O-])cc1C. The van der Waals surface area contributed by atoms with Crippen LogP contribution in [-0.2, 0) is 0 Å². The van der Waals surface area contributed by atoms with Crippen LogP contribution < -0.4 is 10.2 Å². The lowest BCUT2D eigenvalue weighted by molar-refractivity contribution is -0.383. The number of anilines is 3. The van der Waals surface area contributed by atoms with Gasteiger partial charge >= 0.3 is 5.69 Å². The molecule has 2 heterocycles. The minimum Gasteiger partial charge on any atom is -0.347 e. The number of rotatable bonds is 4. The molecule has 154 valence electrons. The molecule has 1 N–H and O–H groups in total. The number of benzene rings is 1. The quantitative estimate of drug-likeness (QED) is 0.569. The Hall–Kier alpha value is -2.70. The molecule has 7 heteroatoms. The first kappa shape index (κ1) is 19.6. The predicted octanol–water partition coefficient (Wildman–Crippen LogP) is 5.15. The van der Waals surface area contributed by atoms with Crippen LogP contribution in [0.15, 0.2) is 24.5 Å². The van der Waals surface area contributed by atoms with Gasteiger partial charge in [0.25, 0.3) is 0 Å². The Labute approximate surface area is 171 Å². The van der Waals surface area contributed by atoms with Crippen LogP contribution in [0.1, 0.15) is 51.2 Å². The van der Waals surface area contributed by atoms with Crippen molar-refractivity contribution in [1.29, 1.82) is 0 Å². The van der Waals surface area contributed by atoms with Gasteiger partial charge in [-0.15, -0.1) is 0 Å². The predicted molar refractivity (Wildman–Crippen MR) is 115 cm³/mol. The van der Waals surface area contributed by atoms with E-state index in [9.17, 15) is 10.1 Å². The molecule has 2 aromatic rings. The maximum absolute atomic E-state index is 12.1. The lowest BCUT2D eigenvalue weighted by atomic mass is 9.65. The standard InChI is InChI=1S/C22H29N5O2/c1-14-6-7-16(8-15(14)2)25-19-18(27(28)29)20(24-13-23-19)26-12-22(5)10-17(26)9-21(3,4)11-22/h6-8,13,17H,9-12H2,1-5H3,(H,23,24,25). The third kappa shape index (κ3) is 3.66. The lowest BCUT2D eigenvalue weighted by Gasteiger charge is -2.39. The van der Waals surface area contributed by atoms with Gasteiger partial charge < -0.3 is 10.2 Å². The molecule has 2 unspecified atom stereocenters. The van der Waals surface area contributed by atoms with Gasteiger partial charge in [-0.3, -0.25) is 10.1 Å². The third-order valence-corrected chi connectivity index (χ3v) is 6.44. The van der Waals surface area contributed by atoms with Crippen LogP contribution in [0.4, 0.5) is 23.0 Å². The first-order chi connectivity index (χ1) is 13.6. The van der Waals surface area contributed by atoms with E-state index < -0.39 is 0 Å². The molecule has 0 amide bonds. The molecule has 1 saturated heterocycles. The van der Waals surface area contributed by atoms with Gasteiger partial charge in [-0.1, -0.05) is 26.8 Å². The second-order valence-electron chi connectivity index (χ2n) is 9.92. The van der Waals surface area contributed by atoms with Crippen LogP contribution in [0.2, 0.25) is 0 Å². The maximum Gasteiger partial charge on any atom is 0.353 e. The number of hydrogen-bond donors (Lipinski definition) is 1. The molecule has 1 saturated carbocycles. The summed E-state index contributed by atoms with van der Waals surface area (Å²) < 4.78 is 0. The van der Waals surface area contributed by atoms with Crippen molar-refractivity contribution >= 4 is 23.0 Å². The molecule has 1 aromatic carbocycles. The molecule has 7 nitrogen and oxygen atoms in total. The second-order valence-corrected chi connectivity index (χ2v) is 9.92. The van der Waals surface area contributed by atoms with E-state index in [0.717, 1.165) is 37.1 Å². The minimum atomic E-state index is -0.353. The molecule has 1 aliphatic heterocycles. The van der Waals surface area contributed by atoms with Crippen molar-refractivity contribution < 1.29 is 4.92 Å². The Morgan fingerprint density at radius 3 is 2.62 bits per heavy atom. The van der Waals surface area contributed by atoms with Crippen LogP contribution in [0.3, 0.4) is 0 Å². The Morgan fingerprint density at radius 2 is 1.93 bits per heavy atom. The number of nitrogens with zero attached hydrogens (tertiary/aromatic N) is 4. The number of nitrogens with one attached hydrogen (secondary N) is 1. The second kappa shape index (κ2) is 6.68. The summed E-state index contributed by atoms with van der Waals surface area (Å²) in [6.45, 7) is 11.7. The highest BCUT2D eigenvalue weighted by Gasteiger charge is 2.51. The van der Waals surface area contributed by atoms with Crippen LogP contribution in [0, 0.1) is 34.8 Å². The summed E-state index contributed by atoms with van der Waals surface area (Å²) in [5.74, 6) is 0.678. The van der Waals surface area contributed by atoms with Gasteiger partial charge in [-0.25, -0.2) is 9.97 Å². The molecule has 1 aromatic heterocycles. The molecule has 4 rings (SSSR count). The summed E-state index contributed by atoms with van der Waals surface area (Å²) >= 11 is 0. The van der Waals surface area contributed by atoms with Gasteiger partial charge in [0.05, 0.1) is 4.92 Å². The average molecular weight is 396 g/mol. The van der Waals surface area contributed by atoms with Crippen molar-refractivity contribution in [2.24, 2.45) is 10.8 Å². The first-order valence-corrected chi connectivity index (χ1v) is 10.2. The number of aromatic nitrogens is 2. The van der Waals surface area contributed by atoms with E-state index >= 15 is 0 Å². The number of nitro groups is 1. The Kier molecular flexibility index (Phi) is 4.52. The molecule has 2 aliphatic rings. The topological polar surface area (TPSA) is 84.2 Å². The fourth-order valence-corrected chi connectivity index (χ4v) is 5.50. The minimum absolute atomic E-state index is 0.0420. The van der Waals surface area contributed by atoms with Gasteiger partial charge in [0.2, 0.25) is 11.6 Å². The summed E-state index contributed by atoms with van der Waals surface area (Å²) in [6, 6.07) is 6.16. The van der Waals surface area contributed by atoms with E-state index in [1.54, 1.807) is 0 Å². The maximum atomic E-state index is 12.1. The number of fused-ring (bicyclic) bond motifs is 2. The van der Waals surface area contributed by atoms with E-state index in [1.807, 2.05) is 32.0 Å². The highest BCUT2D eigenvalue weighted by atomic mass is 16.6. The number of hydrogen-bond acceptors (Lipinski definition) is 6. The summed E-state index contributed by atoms with van der Waals surface area (Å²) in [6.07, 6.45) is 4.63. The van der Waals surface area contributed by atoms with Gasteiger partial charge in [-0.2, -0.15) is 0 Å². The van der Waals surface area contributed by atoms with E-state index in [1.165, 1.54) is 11.9 Å². The fraction of sp³-hybridized carbons (Fsp3) is 0.545. The van der Waals surface area contributed by atoms with E-state index in [2.05, 4.69) is 41.0 Å². The monoisotopic (exact) mass is 395 g/mol. The van der Waals surface area contributed by atoms with Crippen LogP contribution in [0.5, 0.6) is 0 Å². The molecule has 0 spiro atoms. The zero-order valence-electron chi connectivity index (χ0n) is 17.8. The van der Waals surface area contributed by atoms with Gasteiger partial charge in [0, 0.05) is 18.3 Å². The summed E-state index contributed by atoms with van der Waals surface area (Å²) in [7, 11) is 0. The third-order valence-electron chi connectivity index (χ3n) is 6.44. The largest absolute Gasteiger partial charge is 0.353 e. The summed E-state index contributed by atoms with van der Waals surface area (Å²) in [5.41, 5.74) is 3.43. The van der Waals surface area contributed by atoms with E-state index in [0.29, 0.717) is 5.82 Å². The zero-order valence-corrected chi connectivity index (χ0v) is 17.8. The molecular formula is C22H29N5O2. The van der Waals surface area contributed by atoms with Gasteiger partial charge in [0.15, 0.2) is 0 Å². The number of aryl methyl sites for hydroxylation is 2. The van der Waals surface area contributed by atoms with Crippen molar-refractivity contribution in [3.05, 3.63) is 45.8 Å². The highest BCUT2D eigenvalue weighted by Crippen LogP contribution is 2.54. The smallest absolute Gasteiger partial charge is 0.347 e. The van der Waals surface area contributed by atoms with Crippen LogP contribution >= 0.6 is 0 Å². The molecule has 0 radical (unpaired) electrons. The average Bonchev–Trinajstić information content (AvgIpc) is 2.86. The lowest BCUT2D eigenvalue weighted by Crippen LogP contribution is -2.35. The summed E-state index contributed by atoms with van der Waals surface area (Å²) in [4.78, 5) is 22.5. The van der Waals surface area contributed by atoms with Crippen molar-refractivity contribution in [3.8, 4) is 0 Å². The van der Waals surface area contributed by atoms with Crippen molar-refractivity contribution in [1.82, 2.24) is 9.97 Å². The Bertz CT molecular complexity index is 974. The fourth-order valence-electron chi connectivity index (χ4n) is 5.50. The van der Waals surface area contributed by atoms with E-state index in [4.69, 9.17) is 0 Å².